The second kappa shape index (κ2) is 6.13. The molecule has 3 heterocycles. The van der Waals surface area contributed by atoms with Gasteiger partial charge in [0, 0.05) is 24.9 Å². The number of aryl methyl sites for hydroxylation is 1. The number of fused-ring (bicyclic) bond motifs is 5. The Morgan fingerprint density at radius 2 is 2.12 bits per heavy atom. The van der Waals surface area contributed by atoms with E-state index in [1.54, 1.807) is 0 Å². The average molecular weight is 325 g/mol. The highest BCUT2D eigenvalue weighted by molar-refractivity contribution is 5.92. The van der Waals surface area contributed by atoms with E-state index in [-0.39, 0.29) is 6.61 Å². The first kappa shape index (κ1) is 15.0. The maximum atomic E-state index is 9.12. The molecule has 0 fully saturated rings. The van der Waals surface area contributed by atoms with E-state index in [0.717, 1.165) is 46.0 Å². The summed E-state index contributed by atoms with van der Waals surface area (Å²) in [5, 5.41) is 13.3. The Labute approximate surface area is 139 Å². The molecule has 6 nitrogen and oxygen atoms in total. The van der Waals surface area contributed by atoms with Crippen LogP contribution in [-0.4, -0.2) is 34.8 Å². The number of nitrogens with zero attached hydrogens (tertiary/aromatic N) is 2. The molecule has 1 aromatic carbocycles. The van der Waals surface area contributed by atoms with Gasteiger partial charge >= 0.3 is 0 Å². The van der Waals surface area contributed by atoms with Crippen LogP contribution < -0.4 is 10.1 Å². The summed E-state index contributed by atoms with van der Waals surface area (Å²) in [6.07, 6.45) is 1.41. The smallest absolute Gasteiger partial charge is 0.196 e. The number of furan rings is 1. The van der Waals surface area contributed by atoms with E-state index in [4.69, 9.17) is 19.2 Å². The SMILES string of the molecule is CCc1nc(NCCO)c2c(n1)-c1oc3ccccc3c1OCC2. The molecule has 0 spiro atoms. The van der Waals surface area contributed by atoms with Gasteiger partial charge in [0.2, 0.25) is 0 Å². The van der Waals surface area contributed by atoms with Crippen LogP contribution in [0, 0.1) is 0 Å². The number of para-hydroxylation sites is 1. The predicted octanol–water partition coefficient (Wildman–Crippen LogP) is 2.79. The summed E-state index contributed by atoms with van der Waals surface area (Å²) < 4.78 is 12.0. The van der Waals surface area contributed by atoms with Crippen LogP contribution in [0.2, 0.25) is 0 Å². The van der Waals surface area contributed by atoms with Crippen LogP contribution in [0.5, 0.6) is 5.75 Å². The molecule has 4 rings (SSSR count). The second-order valence-corrected chi connectivity index (χ2v) is 5.67. The lowest BCUT2D eigenvalue weighted by Gasteiger charge is -2.13. The molecule has 2 N–H and O–H groups in total. The van der Waals surface area contributed by atoms with Crippen molar-refractivity contribution < 1.29 is 14.3 Å². The number of aliphatic hydroxyl groups excluding tert-OH is 1. The zero-order chi connectivity index (χ0) is 16.5. The molecule has 0 saturated heterocycles. The maximum Gasteiger partial charge on any atom is 0.196 e. The van der Waals surface area contributed by atoms with Gasteiger partial charge in [-0.05, 0) is 12.1 Å². The van der Waals surface area contributed by atoms with Crippen LogP contribution in [0.25, 0.3) is 22.4 Å². The molecule has 24 heavy (non-hydrogen) atoms. The van der Waals surface area contributed by atoms with Crippen molar-refractivity contribution in [1.82, 2.24) is 9.97 Å². The standard InChI is InChI=1S/C18H19N3O3/c1-2-14-20-15-12(18(21-14)19-8-9-22)7-10-23-16-11-5-3-4-6-13(11)24-17(15)16/h3-6,22H,2,7-10H2,1H3,(H,19,20,21). The van der Waals surface area contributed by atoms with E-state index in [1.807, 2.05) is 31.2 Å². The fourth-order valence-corrected chi connectivity index (χ4v) is 3.01. The van der Waals surface area contributed by atoms with Gasteiger partial charge in [0.05, 0.1) is 18.6 Å². The summed E-state index contributed by atoms with van der Waals surface area (Å²) in [5.74, 6) is 2.90. The molecule has 3 aromatic rings. The summed E-state index contributed by atoms with van der Waals surface area (Å²) in [5.41, 5.74) is 2.54. The Morgan fingerprint density at radius 1 is 1.25 bits per heavy atom. The Kier molecular flexibility index (Phi) is 3.82. The molecule has 6 heteroatoms. The van der Waals surface area contributed by atoms with Crippen LogP contribution in [-0.2, 0) is 12.8 Å². The molecule has 1 aliphatic rings. The van der Waals surface area contributed by atoms with E-state index < -0.39 is 0 Å². The largest absolute Gasteiger partial charge is 0.488 e. The number of hydrogen-bond acceptors (Lipinski definition) is 6. The van der Waals surface area contributed by atoms with Crippen molar-refractivity contribution in [1.29, 1.82) is 0 Å². The fourth-order valence-electron chi connectivity index (χ4n) is 3.01. The lowest BCUT2D eigenvalue weighted by Crippen LogP contribution is -2.13. The highest BCUT2D eigenvalue weighted by Crippen LogP contribution is 2.43. The van der Waals surface area contributed by atoms with Crippen molar-refractivity contribution in [3.63, 3.8) is 0 Å². The summed E-state index contributed by atoms with van der Waals surface area (Å²) in [6.45, 7) is 3.05. The number of nitrogens with one attached hydrogen (secondary N) is 1. The Morgan fingerprint density at radius 3 is 2.96 bits per heavy atom. The number of benzene rings is 1. The van der Waals surface area contributed by atoms with Crippen molar-refractivity contribution in [3.8, 4) is 17.2 Å². The number of aliphatic hydroxyl groups is 1. The van der Waals surface area contributed by atoms with Gasteiger partial charge in [-0.3, -0.25) is 0 Å². The molecule has 0 unspecified atom stereocenters. The predicted molar refractivity (Wildman–Crippen MR) is 91.4 cm³/mol. The quantitative estimate of drug-likeness (QED) is 0.768. The minimum atomic E-state index is 0.0482. The summed E-state index contributed by atoms with van der Waals surface area (Å²) >= 11 is 0. The third-order valence-corrected chi connectivity index (χ3v) is 4.14. The molecule has 2 aromatic heterocycles. The van der Waals surface area contributed by atoms with Crippen LogP contribution >= 0.6 is 0 Å². The minimum Gasteiger partial charge on any atom is -0.488 e. The number of hydrogen-bond donors (Lipinski definition) is 2. The zero-order valence-electron chi connectivity index (χ0n) is 13.5. The van der Waals surface area contributed by atoms with Gasteiger partial charge in [-0.1, -0.05) is 19.1 Å². The van der Waals surface area contributed by atoms with Crippen LogP contribution in [0.1, 0.15) is 18.3 Å². The molecule has 0 bridgehead atoms. The van der Waals surface area contributed by atoms with Crippen LogP contribution in [0.4, 0.5) is 5.82 Å². The first-order valence-electron chi connectivity index (χ1n) is 8.21. The van der Waals surface area contributed by atoms with Crippen LogP contribution in [0.15, 0.2) is 28.7 Å². The van der Waals surface area contributed by atoms with Crippen LogP contribution in [0.3, 0.4) is 0 Å². The molecular weight excluding hydrogens is 306 g/mol. The van der Waals surface area contributed by atoms with E-state index in [1.165, 1.54) is 0 Å². The second-order valence-electron chi connectivity index (χ2n) is 5.67. The average Bonchev–Trinajstić information content (AvgIpc) is 2.89. The summed E-state index contributed by atoms with van der Waals surface area (Å²) in [6, 6.07) is 7.84. The Hall–Kier alpha value is -2.60. The van der Waals surface area contributed by atoms with E-state index >= 15 is 0 Å². The maximum absolute atomic E-state index is 9.12. The Balaban J connectivity index is 1.95. The minimum absolute atomic E-state index is 0.0482. The molecule has 0 atom stereocenters. The van der Waals surface area contributed by atoms with Crippen molar-refractivity contribution in [2.75, 3.05) is 25.1 Å². The molecule has 0 aliphatic carbocycles. The Bertz CT molecular complexity index is 889. The molecule has 0 amide bonds. The number of anilines is 1. The highest BCUT2D eigenvalue weighted by Gasteiger charge is 2.27. The third kappa shape index (κ3) is 2.39. The highest BCUT2D eigenvalue weighted by atomic mass is 16.5. The van der Waals surface area contributed by atoms with Gasteiger partial charge in [-0.25, -0.2) is 9.97 Å². The van der Waals surface area contributed by atoms with Gasteiger partial charge in [0.1, 0.15) is 22.9 Å². The molecular formula is C18H19N3O3. The number of ether oxygens (including phenoxy) is 1. The lowest BCUT2D eigenvalue weighted by atomic mass is 10.1. The molecule has 0 saturated carbocycles. The molecule has 1 aliphatic heterocycles. The van der Waals surface area contributed by atoms with E-state index in [2.05, 4.69) is 10.3 Å². The summed E-state index contributed by atoms with van der Waals surface area (Å²) in [4.78, 5) is 9.29. The van der Waals surface area contributed by atoms with Gasteiger partial charge in [0.15, 0.2) is 11.5 Å². The number of aromatic nitrogens is 2. The lowest BCUT2D eigenvalue weighted by molar-refractivity contribution is 0.310. The van der Waals surface area contributed by atoms with Gasteiger partial charge in [0.25, 0.3) is 0 Å². The topological polar surface area (TPSA) is 80.4 Å². The normalized spacial score (nSPS) is 13.1. The first-order valence-corrected chi connectivity index (χ1v) is 8.21. The number of rotatable bonds is 4. The fraction of sp³-hybridized carbons (Fsp3) is 0.333. The van der Waals surface area contributed by atoms with Gasteiger partial charge < -0.3 is 19.6 Å². The van der Waals surface area contributed by atoms with E-state index in [9.17, 15) is 0 Å². The van der Waals surface area contributed by atoms with Gasteiger partial charge in [-0.2, -0.15) is 0 Å². The first-order chi connectivity index (χ1) is 11.8. The zero-order valence-corrected chi connectivity index (χ0v) is 13.5. The van der Waals surface area contributed by atoms with E-state index in [0.29, 0.717) is 25.3 Å². The third-order valence-electron chi connectivity index (χ3n) is 4.14. The molecule has 0 radical (unpaired) electrons. The van der Waals surface area contributed by atoms with Crippen molar-refractivity contribution in [3.05, 3.63) is 35.7 Å². The summed E-state index contributed by atoms with van der Waals surface area (Å²) in [7, 11) is 0. The monoisotopic (exact) mass is 325 g/mol. The molecule has 124 valence electrons. The van der Waals surface area contributed by atoms with Crippen molar-refractivity contribution >= 4 is 16.8 Å². The van der Waals surface area contributed by atoms with Gasteiger partial charge in [-0.15, -0.1) is 0 Å². The van der Waals surface area contributed by atoms with Crippen molar-refractivity contribution in [2.45, 2.75) is 19.8 Å². The van der Waals surface area contributed by atoms with Crippen molar-refractivity contribution in [2.24, 2.45) is 0 Å².